The summed E-state index contributed by atoms with van der Waals surface area (Å²) in [6.45, 7) is 1.32. The summed E-state index contributed by atoms with van der Waals surface area (Å²) < 4.78 is 51.8. The van der Waals surface area contributed by atoms with E-state index in [0.29, 0.717) is 18.8 Å². The van der Waals surface area contributed by atoms with Gasteiger partial charge in [-0.25, -0.2) is 21.6 Å². The van der Waals surface area contributed by atoms with Crippen molar-refractivity contribution in [3.63, 3.8) is 0 Å². The first-order valence-corrected chi connectivity index (χ1v) is 13.2. The smallest absolute Gasteiger partial charge is 0.317 e. The predicted octanol–water partition coefficient (Wildman–Crippen LogP) is 1.42. The molecule has 0 aliphatic carbocycles. The van der Waals surface area contributed by atoms with E-state index in [-0.39, 0.29) is 31.4 Å². The number of benzene rings is 2. The Bertz CT molecular complexity index is 1110. The zero-order chi connectivity index (χ0) is 22.5. The molecule has 1 aliphatic rings. The molecule has 0 saturated carbocycles. The average molecular weight is 467 g/mol. The Balaban J connectivity index is 1.50. The van der Waals surface area contributed by atoms with Crippen molar-refractivity contribution < 1.29 is 21.6 Å². The highest BCUT2D eigenvalue weighted by atomic mass is 32.2. The van der Waals surface area contributed by atoms with E-state index in [1.165, 1.54) is 4.31 Å². The topological polar surface area (TPSA) is 116 Å². The van der Waals surface area contributed by atoms with Crippen LogP contribution in [0.5, 0.6) is 0 Å². The van der Waals surface area contributed by atoms with Gasteiger partial charge >= 0.3 is 6.03 Å². The van der Waals surface area contributed by atoms with E-state index in [9.17, 15) is 21.6 Å². The van der Waals surface area contributed by atoms with Crippen molar-refractivity contribution >= 4 is 31.8 Å². The SMILES string of the molecule is CS(=O)(=O)Nc1cccc(CNC(=O)N2CCN(S(=O)(=O)Cc3ccccc3)CC2)c1. The van der Waals surface area contributed by atoms with Crippen LogP contribution in [0.3, 0.4) is 0 Å². The maximum absolute atomic E-state index is 12.6. The van der Waals surface area contributed by atoms with Crippen molar-refractivity contribution in [1.82, 2.24) is 14.5 Å². The summed E-state index contributed by atoms with van der Waals surface area (Å²) in [6.07, 6.45) is 1.07. The first kappa shape index (κ1) is 23.0. The third-order valence-corrected chi connectivity index (χ3v) is 7.24. The minimum atomic E-state index is -3.44. The number of rotatable bonds is 7. The molecule has 1 fully saturated rings. The van der Waals surface area contributed by atoms with Gasteiger partial charge in [0.05, 0.1) is 12.0 Å². The van der Waals surface area contributed by atoms with Gasteiger partial charge in [0.15, 0.2) is 0 Å². The molecule has 0 spiro atoms. The second-order valence-electron chi connectivity index (χ2n) is 7.36. The number of hydrogen-bond donors (Lipinski definition) is 2. The van der Waals surface area contributed by atoms with E-state index < -0.39 is 20.0 Å². The summed E-state index contributed by atoms with van der Waals surface area (Å²) in [7, 11) is -6.82. The Hall–Kier alpha value is -2.63. The van der Waals surface area contributed by atoms with Crippen LogP contribution in [-0.4, -0.2) is 64.5 Å². The summed E-state index contributed by atoms with van der Waals surface area (Å²) >= 11 is 0. The lowest BCUT2D eigenvalue weighted by Gasteiger charge is -2.34. The average Bonchev–Trinajstić information content (AvgIpc) is 2.71. The van der Waals surface area contributed by atoms with Crippen molar-refractivity contribution in [2.45, 2.75) is 12.3 Å². The van der Waals surface area contributed by atoms with E-state index >= 15 is 0 Å². The molecule has 2 aromatic rings. The molecule has 11 heteroatoms. The van der Waals surface area contributed by atoms with Gasteiger partial charge in [0.2, 0.25) is 20.0 Å². The van der Waals surface area contributed by atoms with Crippen molar-refractivity contribution in [3.05, 3.63) is 65.7 Å². The quantitative estimate of drug-likeness (QED) is 0.640. The number of urea groups is 1. The zero-order valence-electron chi connectivity index (χ0n) is 17.2. The first-order valence-electron chi connectivity index (χ1n) is 9.74. The van der Waals surface area contributed by atoms with Crippen LogP contribution in [0.1, 0.15) is 11.1 Å². The van der Waals surface area contributed by atoms with Crippen LogP contribution in [-0.2, 0) is 32.3 Å². The molecule has 0 unspecified atom stereocenters. The number of anilines is 1. The number of piperazine rings is 1. The van der Waals surface area contributed by atoms with Crippen molar-refractivity contribution in [1.29, 1.82) is 0 Å². The van der Waals surface area contributed by atoms with Crippen molar-refractivity contribution in [2.24, 2.45) is 0 Å². The third-order valence-electron chi connectivity index (χ3n) is 4.79. The van der Waals surface area contributed by atoms with Gasteiger partial charge in [-0.05, 0) is 23.3 Å². The molecule has 1 aliphatic heterocycles. The molecule has 0 atom stereocenters. The minimum absolute atomic E-state index is 0.0576. The van der Waals surface area contributed by atoms with Crippen LogP contribution in [0.15, 0.2) is 54.6 Å². The van der Waals surface area contributed by atoms with Crippen LogP contribution in [0, 0.1) is 0 Å². The molecule has 9 nitrogen and oxygen atoms in total. The van der Waals surface area contributed by atoms with Gasteiger partial charge in [-0.15, -0.1) is 0 Å². The monoisotopic (exact) mass is 466 g/mol. The molecule has 0 bridgehead atoms. The molecular formula is C20H26N4O5S2. The lowest BCUT2D eigenvalue weighted by Crippen LogP contribution is -2.53. The van der Waals surface area contributed by atoms with Crippen molar-refractivity contribution in [2.75, 3.05) is 37.2 Å². The lowest BCUT2D eigenvalue weighted by molar-refractivity contribution is 0.172. The van der Waals surface area contributed by atoms with Gasteiger partial charge in [0.25, 0.3) is 0 Å². The fourth-order valence-corrected chi connectivity index (χ4v) is 5.36. The number of hydrogen-bond acceptors (Lipinski definition) is 5. The largest absolute Gasteiger partial charge is 0.334 e. The first-order chi connectivity index (χ1) is 14.6. The van der Waals surface area contributed by atoms with E-state index in [4.69, 9.17) is 0 Å². The molecule has 0 aromatic heterocycles. The highest BCUT2D eigenvalue weighted by Crippen LogP contribution is 2.15. The number of sulfonamides is 2. The Kier molecular flexibility index (Phi) is 7.19. The summed E-state index contributed by atoms with van der Waals surface area (Å²) in [6, 6.07) is 15.5. The molecular weight excluding hydrogens is 440 g/mol. The van der Waals surface area contributed by atoms with Crippen molar-refractivity contribution in [3.8, 4) is 0 Å². The van der Waals surface area contributed by atoms with E-state index in [2.05, 4.69) is 10.0 Å². The fraction of sp³-hybridized carbons (Fsp3) is 0.350. The molecule has 31 heavy (non-hydrogen) atoms. The lowest BCUT2D eigenvalue weighted by atomic mass is 10.2. The van der Waals surface area contributed by atoms with Gasteiger partial charge in [0, 0.05) is 38.4 Å². The standard InChI is InChI=1S/C20H26N4O5S2/c1-30(26,27)22-19-9-5-8-18(14-19)15-21-20(25)23-10-12-24(13-11-23)31(28,29)16-17-6-3-2-4-7-17/h2-9,14,22H,10-13,15-16H2,1H3,(H,21,25). The maximum Gasteiger partial charge on any atom is 0.317 e. The van der Waals surface area contributed by atoms with Gasteiger partial charge < -0.3 is 10.2 Å². The van der Waals surface area contributed by atoms with Crippen LogP contribution >= 0.6 is 0 Å². The summed E-state index contributed by atoms with van der Waals surface area (Å²) in [5.41, 5.74) is 1.90. The Morgan fingerprint density at radius 2 is 1.55 bits per heavy atom. The normalized spacial score (nSPS) is 15.5. The Morgan fingerprint density at radius 3 is 2.19 bits per heavy atom. The fourth-order valence-electron chi connectivity index (χ4n) is 3.29. The molecule has 1 saturated heterocycles. The number of carbonyl (C=O) groups is 1. The summed E-state index contributed by atoms with van der Waals surface area (Å²) in [4.78, 5) is 14.0. The zero-order valence-corrected chi connectivity index (χ0v) is 18.8. The second kappa shape index (κ2) is 9.67. The van der Waals surface area contributed by atoms with Gasteiger partial charge in [-0.1, -0.05) is 42.5 Å². The molecule has 1 heterocycles. The highest BCUT2D eigenvalue weighted by Gasteiger charge is 2.28. The predicted molar refractivity (Wildman–Crippen MR) is 119 cm³/mol. The highest BCUT2D eigenvalue weighted by molar-refractivity contribution is 7.92. The minimum Gasteiger partial charge on any atom is -0.334 e. The van der Waals surface area contributed by atoms with Gasteiger partial charge in [0.1, 0.15) is 0 Å². The van der Waals surface area contributed by atoms with Crippen LogP contribution in [0.25, 0.3) is 0 Å². The summed E-state index contributed by atoms with van der Waals surface area (Å²) in [5.74, 6) is -0.0576. The molecule has 168 valence electrons. The number of carbonyl (C=O) groups excluding carboxylic acids is 1. The molecule has 2 amide bonds. The molecule has 2 aromatic carbocycles. The second-order valence-corrected chi connectivity index (χ2v) is 11.1. The molecule has 0 radical (unpaired) electrons. The van der Waals surface area contributed by atoms with Crippen LogP contribution in [0.2, 0.25) is 0 Å². The number of nitrogens with one attached hydrogen (secondary N) is 2. The Morgan fingerprint density at radius 1 is 0.903 bits per heavy atom. The van der Waals surface area contributed by atoms with Crippen LogP contribution in [0.4, 0.5) is 10.5 Å². The number of nitrogens with zero attached hydrogens (tertiary/aromatic N) is 2. The van der Waals surface area contributed by atoms with E-state index in [1.807, 2.05) is 6.07 Å². The van der Waals surface area contributed by atoms with Crippen LogP contribution < -0.4 is 10.0 Å². The molecule has 3 rings (SSSR count). The maximum atomic E-state index is 12.6. The van der Waals surface area contributed by atoms with Gasteiger partial charge in [-0.2, -0.15) is 4.31 Å². The van der Waals surface area contributed by atoms with Gasteiger partial charge in [-0.3, -0.25) is 4.72 Å². The Labute approximate surface area is 183 Å². The molecule has 2 N–H and O–H groups in total. The van der Waals surface area contributed by atoms with E-state index in [1.54, 1.807) is 53.4 Å². The van der Waals surface area contributed by atoms with E-state index in [0.717, 1.165) is 17.4 Å². The summed E-state index contributed by atoms with van der Waals surface area (Å²) in [5, 5.41) is 2.79. The number of amides is 2. The third kappa shape index (κ3) is 6.94.